The molecule has 0 aromatic carbocycles. The maximum atomic E-state index is 11.3. The van der Waals surface area contributed by atoms with E-state index < -0.39 is 23.7 Å². The molecule has 72 valence electrons. The second-order valence-electron chi connectivity index (χ2n) is 3.58. The first-order valence-corrected chi connectivity index (χ1v) is 5.75. The van der Waals surface area contributed by atoms with Crippen LogP contribution in [-0.4, -0.2) is 20.5 Å². The smallest absolute Gasteiger partial charge is 0.201 e. The van der Waals surface area contributed by atoms with Gasteiger partial charge >= 0.3 is 0 Å². The van der Waals surface area contributed by atoms with Gasteiger partial charge in [-0.1, -0.05) is 0 Å². The fourth-order valence-corrected chi connectivity index (χ4v) is 4.51. The Bertz CT molecular complexity index is 320. The molecule has 14 heavy (non-hydrogen) atoms. The molecule has 0 atom stereocenters. The molecule has 0 amide bonds. The number of hydrogen-bond donors (Lipinski definition) is 0. The van der Waals surface area contributed by atoms with Crippen molar-refractivity contribution in [2.45, 2.75) is 0 Å². The quantitative estimate of drug-likeness (QED) is 0.584. The van der Waals surface area contributed by atoms with Gasteiger partial charge in [0.25, 0.3) is 0 Å². The zero-order valence-electron chi connectivity index (χ0n) is 6.76. The normalized spacial score (nSPS) is 45.1. The number of rotatable bonds is 0. The second-order valence-corrected chi connectivity index (χ2v) is 5.60. The molecule has 0 bridgehead atoms. The van der Waals surface area contributed by atoms with Crippen molar-refractivity contribution in [3.05, 3.63) is 0 Å². The van der Waals surface area contributed by atoms with E-state index in [1.165, 1.54) is 0 Å². The van der Waals surface area contributed by atoms with Crippen LogP contribution in [0, 0.1) is 23.7 Å². The lowest BCUT2D eigenvalue weighted by molar-refractivity contribution is -0.146. The van der Waals surface area contributed by atoms with Crippen LogP contribution in [0.4, 0.5) is 0 Å². The van der Waals surface area contributed by atoms with Crippen LogP contribution < -0.4 is 0 Å². The minimum absolute atomic E-state index is 0.232. The highest BCUT2D eigenvalue weighted by molar-refractivity contribution is 8.27. The third-order valence-corrected chi connectivity index (χ3v) is 4.93. The predicted octanol–water partition coefficient (Wildman–Crippen LogP) is 0.0648. The van der Waals surface area contributed by atoms with Gasteiger partial charge in [0.05, 0.1) is 23.7 Å². The molecule has 0 aromatic heterocycles. The zero-order valence-corrected chi connectivity index (χ0v) is 8.39. The zero-order chi connectivity index (χ0) is 10.0. The van der Waals surface area contributed by atoms with E-state index in [0.717, 1.165) is 0 Å². The highest BCUT2D eigenvalue weighted by Gasteiger charge is 2.69. The topological polar surface area (TPSA) is 68.3 Å². The molecule has 1 aliphatic carbocycles. The summed E-state index contributed by atoms with van der Waals surface area (Å²) in [5, 5.41) is -0.926. The van der Waals surface area contributed by atoms with Crippen LogP contribution in [0.15, 0.2) is 0 Å². The Labute approximate surface area is 87.2 Å². The van der Waals surface area contributed by atoms with Gasteiger partial charge in [0, 0.05) is 0 Å². The summed E-state index contributed by atoms with van der Waals surface area (Å²) in [6.45, 7) is 0. The van der Waals surface area contributed by atoms with Crippen LogP contribution >= 0.6 is 23.5 Å². The van der Waals surface area contributed by atoms with Gasteiger partial charge in [0.15, 0.2) is 0 Å². The highest BCUT2D eigenvalue weighted by Crippen LogP contribution is 2.61. The molecule has 3 rings (SSSR count). The molecule has 4 nitrogen and oxygen atoms in total. The SMILES string of the molecule is O=C1SC(=O)C2C1C1C(=O)SC(=O)C21. The van der Waals surface area contributed by atoms with E-state index in [2.05, 4.69) is 0 Å². The lowest BCUT2D eigenvalue weighted by atomic mass is 9.59. The summed E-state index contributed by atoms with van der Waals surface area (Å²) in [6.07, 6.45) is 0. The summed E-state index contributed by atoms with van der Waals surface area (Å²) in [5.41, 5.74) is 0. The molecule has 3 aliphatic rings. The molecule has 2 saturated heterocycles. The van der Waals surface area contributed by atoms with Crippen LogP contribution in [-0.2, 0) is 19.2 Å². The van der Waals surface area contributed by atoms with Gasteiger partial charge in [0.2, 0.25) is 20.5 Å². The Balaban J connectivity index is 2.03. The van der Waals surface area contributed by atoms with Crippen molar-refractivity contribution in [3.8, 4) is 0 Å². The van der Waals surface area contributed by atoms with Crippen molar-refractivity contribution in [2.24, 2.45) is 23.7 Å². The predicted molar refractivity (Wildman–Crippen MR) is 49.2 cm³/mol. The Hall–Kier alpha value is -0.620. The van der Waals surface area contributed by atoms with Gasteiger partial charge in [0.1, 0.15) is 0 Å². The minimum Gasteiger partial charge on any atom is -0.286 e. The average molecular weight is 228 g/mol. The summed E-state index contributed by atoms with van der Waals surface area (Å²) in [4.78, 5) is 45.2. The number of hydrogen-bond acceptors (Lipinski definition) is 6. The van der Waals surface area contributed by atoms with E-state index in [-0.39, 0.29) is 20.5 Å². The van der Waals surface area contributed by atoms with Gasteiger partial charge in [-0.25, -0.2) is 0 Å². The lowest BCUT2D eigenvalue weighted by Gasteiger charge is -2.37. The van der Waals surface area contributed by atoms with E-state index in [4.69, 9.17) is 0 Å². The molecule has 1 saturated carbocycles. The molecule has 6 heteroatoms. The first kappa shape index (κ1) is 8.67. The van der Waals surface area contributed by atoms with Crippen LogP contribution in [0.2, 0.25) is 0 Å². The van der Waals surface area contributed by atoms with E-state index in [0.29, 0.717) is 23.5 Å². The Morgan fingerprint density at radius 3 is 1.00 bits per heavy atom. The Kier molecular flexibility index (Phi) is 1.54. The first-order chi connectivity index (χ1) is 6.61. The molecule has 0 N–H and O–H groups in total. The Morgan fingerprint density at radius 1 is 0.571 bits per heavy atom. The maximum absolute atomic E-state index is 11.3. The molecule has 0 spiro atoms. The van der Waals surface area contributed by atoms with Gasteiger partial charge < -0.3 is 0 Å². The van der Waals surface area contributed by atoms with Crippen molar-refractivity contribution >= 4 is 44.0 Å². The molecule has 0 aromatic rings. The lowest BCUT2D eigenvalue weighted by Crippen LogP contribution is -2.50. The average Bonchev–Trinajstić information content (AvgIpc) is 2.31. The Morgan fingerprint density at radius 2 is 0.786 bits per heavy atom. The molecular weight excluding hydrogens is 224 g/mol. The van der Waals surface area contributed by atoms with E-state index >= 15 is 0 Å². The van der Waals surface area contributed by atoms with Crippen molar-refractivity contribution in [1.82, 2.24) is 0 Å². The number of carbonyl (C=O) groups is 4. The number of fused-ring (bicyclic) bond motifs is 4. The van der Waals surface area contributed by atoms with Crippen molar-refractivity contribution in [2.75, 3.05) is 0 Å². The van der Waals surface area contributed by atoms with Crippen LogP contribution in [0.25, 0.3) is 0 Å². The van der Waals surface area contributed by atoms with Gasteiger partial charge in [-0.15, -0.1) is 0 Å². The molecule has 0 radical (unpaired) electrons. The summed E-state index contributed by atoms with van der Waals surface area (Å²) in [5.74, 6) is -1.99. The van der Waals surface area contributed by atoms with Gasteiger partial charge in [-0.2, -0.15) is 0 Å². The highest BCUT2D eigenvalue weighted by atomic mass is 32.2. The van der Waals surface area contributed by atoms with Crippen molar-refractivity contribution < 1.29 is 19.2 Å². The minimum atomic E-state index is -0.496. The van der Waals surface area contributed by atoms with E-state index in [9.17, 15) is 19.2 Å². The summed E-state index contributed by atoms with van der Waals surface area (Å²) >= 11 is 1.34. The van der Waals surface area contributed by atoms with Crippen molar-refractivity contribution in [1.29, 1.82) is 0 Å². The van der Waals surface area contributed by atoms with E-state index in [1.807, 2.05) is 0 Å². The number of carbonyl (C=O) groups excluding carboxylic acids is 4. The fourth-order valence-electron chi connectivity index (χ4n) is 2.39. The van der Waals surface area contributed by atoms with Crippen LogP contribution in [0.5, 0.6) is 0 Å². The van der Waals surface area contributed by atoms with E-state index in [1.54, 1.807) is 0 Å². The summed E-state index contributed by atoms with van der Waals surface area (Å²) in [7, 11) is 0. The molecular formula is C8H4O4S2. The monoisotopic (exact) mass is 228 g/mol. The third kappa shape index (κ3) is 0.791. The summed E-state index contributed by atoms with van der Waals surface area (Å²) in [6, 6.07) is 0. The van der Waals surface area contributed by atoms with Gasteiger partial charge in [-0.3, -0.25) is 19.2 Å². The van der Waals surface area contributed by atoms with Crippen molar-refractivity contribution in [3.63, 3.8) is 0 Å². The largest absolute Gasteiger partial charge is 0.286 e. The third-order valence-electron chi connectivity index (χ3n) is 3.04. The molecule has 2 aliphatic heterocycles. The number of thioether (sulfide) groups is 2. The fraction of sp³-hybridized carbons (Fsp3) is 0.500. The first-order valence-electron chi connectivity index (χ1n) is 4.12. The standard InChI is InChI=1S/C8H4O4S2/c9-5-1-2(6(10)13-5)4-3(1)7(11)14-8(4)12/h1-4H. The maximum Gasteiger partial charge on any atom is 0.201 e. The summed E-state index contributed by atoms with van der Waals surface area (Å²) < 4.78 is 0. The molecule has 0 unspecified atom stereocenters. The molecule has 3 fully saturated rings. The second kappa shape index (κ2) is 2.49. The van der Waals surface area contributed by atoms with Crippen LogP contribution in [0.1, 0.15) is 0 Å². The van der Waals surface area contributed by atoms with Gasteiger partial charge in [-0.05, 0) is 23.5 Å². The molecule has 2 heterocycles. The van der Waals surface area contributed by atoms with Crippen LogP contribution in [0.3, 0.4) is 0 Å².